The Labute approximate surface area is 211 Å². The van der Waals surface area contributed by atoms with E-state index in [9.17, 15) is 9.59 Å². The maximum absolute atomic E-state index is 12.5. The lowest BCUT2D eigenvalue weighted by Crippen LogP contribution is -2.33. The van der Waals surface area contributed by atoms with E-state index in [1.165, 1.54) is 6.21 Å². The number of benzene rings is 4. The second-order valence-electron chi connectivity index (χ2n) is 7.94. The van der Waals surface area contributed by atoms with Crippen molar-refractivity contribution in [3.63, 3.8) is 0 Å². The normalized spacial score (nSPS) is 11.9. The molecule has 0 spiro atoms. The lowest BCUT2D eigenvalue weighted by atomic mass is 10.1. The van der Waals surface area contributed by atoms with Gasteiger partial charge in [0.1, 0.15) is 11.5 Å². The summed E-state index contributed by atoms with van der Waals surface area (Å²) < 4.78 is 12.1. The Morgan fingerprint density at radius 2 is 1.69 bits per heavy atom. The van der Waals surface area contributed by atoms with Crippen LogP contribution in [0.15, 0.2) is 94.5 Å². The van der Waals surface area contributed by atoms with E-state index in [0.29, 0.717) is 22.6 Å². The van der Waals surface area contributed by atoms with E-state index in [1.54, 1.807) is 37.3 Å². The van der Waals surface area contributed by atoms with Crippen molar-refractivity contribution in [2.24, 2.45) is 5.10 Å². The number of nitrogens with one attached hydrogen (secondary N) is 1. The molecule has 0 bridgehead atoms. The molecule has 4 aromatic carbocycles. The van der Waals surface area contributed by atoms with E-state index in [1.807, 2.05) is 61.5 Å². The summed E-state index contributed by atoms with van der Waals surface area (Å²) >= 11 is 3.40. The fourth-order valence-corrected chi connectivity index (χ4v) is 3.70. The second kappa shape index (κ2) is 11.0. The summed E-state index contributed by atoms with van der Waals surface area (Å²) in [5, 5.41) is 6.15. The summed E-state index contributed by atoms with van der Waals surface area (Å²) in [6, 6.07) is 25.8. The highest BCUT2D eigenvalue weighted by atomic mass is 79.9. The van der Waals surface area contributed by atoms with Gasteiger partial charge in [0.2, 0.25) is 0 Å². The zero-order valence-electron chi connectivity index (χ0n) is 19.2. The number of halogens is 1. The van der Waals surface area contributed by atoms with Crippen molar-refractivity contribution in [2.75, 3.05) is 0 Å². The average molecular weight is 531 g/mol. The molecule has 0 heterocycles. The number of ether oxygens (including phenoxy) is 2. The van der Waals surface area contributed by atoms with Gasteiger partial charge in [0, 0.05) is 10.0 Å². The molecule has 0 saturated heterocycles. The molecule has 176 valence electrons. The summed E-state index contributed by atoms with van der Waals surface area (Å²) in [5.74, 6) is 0.0101. The molecule has 6 nitrogen and oxygen atoms in total. The number of nitrogens with zero attached hydrogens (tertiary/aromatic N) is 1. The van der Waals surface area contributed by atoms with Gasteiger partial charge >= 0.3 is 5.97 Å². The quantitative estimate of drug-likeness (QED) is 0.136. The van der Waals surface area contributed by atoms with Crippen molar-refractivity contribution in [1.29, 1.82) is 0 Å². The zero-order chi connectivity index (χ0) is 24.8. The third-order valence-electron chi connectivity index (χ3n) is 5.24. The maximum atomic E-state index is 12.5. The van der Waals surface area contributed by atoms with Gasteiger partial charge in [-0.2, -0.15) is 5.10 Å². The van der Waals surface area contributed by atoms with Gasteiger partial charge in [-0.1, -0.05) is 64.0 Å². The van der Waals surface area contributed by atoms with E-state index in [-0.39, 0.29) is 0 Å². The molecular weight excluding hydrogens is 508 g/mol. The largest absolute Gasteiger partial charge is 0.481 e. The molecule has 0 radical (unpaired) electrons. The van der Waals surface area contributed by atoms with Gasteiger partial charge in [0.05, 0.1) is 11.8 Å². The van der Waals surface area contributed by atoms with Gasteiger partial charge < -0.3 is 9.47 Å². The fourth-order valence-electron chi connectivity index (χ4n) is 3.32. The van der Waals surface area contributed by atoms with Crippen LogP contribution in [0.1, 0.15) is 28.4 Å². The van der Waals surface area contributed by atoms with E-state index < -0.39 is 18.0 Å². The summed E-state index contributed by atoms with van der Waals surface area (Å²) in [4.78, 5) is 25.0. The average Bonchev–Trinajstić information content (AvgIpc) is 2.85. The van der Waals surface area contributed by atoms with Gasteiger partial charge in [-0.3, -0.25) is 4.79 Å². The molecule has 7 heteroatoms. The Balaban J connectivity index is 1.40. The number of hydrogen-bond donors (Lipinski definition) is 1. The molecule has 0 saturated carbocycles. The van der Waals surface area contributed by atoms with Gasteiger partial charge in [0.15, 0.2) is 6.10 Å². The number of fused-ring (bicyclic) bond motifs is 1. The van der Waals surface area contributed by atoms with Crippen molar-refractivity contribution in [3.05, 3.63) is 106 Å². The number of aryl methyl sites for hydroxylation is 1. The zero-order valence-corrected chi connectivity index (χ0v) is 20.8. The van der Waals surface area contributed by atoms with Gasteiger partial charge in [-0.15, -0.1) is 0 Å². The highest BCUT2D eigenvalue weighted by Crippen LogP contribution is 2.23. The third kappa shape index (κ3) is 6.33. The number of esters is 1. The van der Waals surface area contributed by atoms with E-state index in [4.69, 9.17) is 9.47 Å². The highest BCUT2D eigenvalue weighted by Gasteiger charge is 2.15. The molecule has 35 heavy (non-hydrogen) atoms. The minimum atomic E-state index is -0.769. The monoisotopic (exact) mass is 530 g/mol. The maximum Gasteiger partial charge on any atom is 0.343 e. The van der Waals surface area contributed by atoms with Crippen molar-refractivity contribution < 1.29 is 19.1 Å². The molecule has 1 atom stereocenters. The van der Waals surface area contributed by atoms with Crippen LogP contribution in [0.4, 0.5) is 0 Å². The molecule has 4 rings (SSSR count). The van der Waals surface area contributed by atoms with Crippen LogP contribution in [0.3, 0.4) is 0 Å². The van der Waals surface area contributed by atoms with Crippen LogP contribution >= 0.6 is 15.9 Å². The Morgan fingerprint density at radius 1 is 0.943 bits per heavy atom. The van der Waals surface area contributed by atoms with E-state index >= 15 is 0 Å². The molecular formula is C28H23BrN2O4. The summed E-state index contributed by atoms with van der Waals surface area (Å²) in [6.45, 7) is 3.59. The Morgan fingerprint density at radius 3 is 2.46 bits per heavy atom. The predicted octanol–water partition coefficient (Wildman–Crippen LogP) is 6.05. The van der Waals surface area contributed by atoms with Crippen LogP contribution < -0.4 is 14.9 Å². The molecule has 0 aliphatic rings. The van der Waals surface area contributed by atoms with Gasteiger partial charge in [-0.25, -0.2) is 10.2 Å². The van der Waals surface area contributed by atoms with E-state index in [2.05, 4.69) is 26.5 Å². The fraction of sp³-hybridized carbons (Fsp3) is 0.107. The number of amides is 1. The molecule has 0 aliphatic carbocycles. The molecule has 4 aromatic rings. The first-order valence-corrected chi connectivity index (χ1v) is 11.7. The Hall–Kier alpha value is -3.97. The van der Waals surface area contributed by atoms with Crippen molar-refractivity contribution >= 4 is 44.8 Å². The molecule has 1 unspecified atom stereocenters. The summed E-state index contributed by atoms with van der Waals surface area (Å²) in [7, 11) is 0. The number of hydrogen-bond acceptors (Lipinski definition) is 5. The summed E-state index contributed by atoms with van der Waals surface area (Å²) in [6.07, 6.45) is 0.651. The van der Waals surface area contributed by atoms with Crippen LogP contribution in [0.2, 0.25) is 0 Å². The standard InChI is InChI=1S/C28H23BrN2O4/c1-18-7-9-21(10-8-18)28(33)35-26-14-12-24(29)15-23(26)17-30-31-27(32)19(2)34-25-13-11-20-5-3-4-6-22(20)16-25/h3-17,19H,1-2H3,(H,31,32)/b30-17+. The van der Waals surface area contributed by atoms with Crippen molar-refractivity contribution in [1.82, 2.24) is 5.43 Å². The summed E-state index contributed by atoms with van der Waals surface area (Å²) in [5.41, 5.74) is 4.48. The highest BCUT2D eigenvalue weighted by molar-refractivity contribution is 9.10. The molecule has 0 fully saturated rings. The molecule has 0 aliphatic heterocycles. The van der Waals surface area contributed by atoms with Crippen molar-refractivity contribution in [3.8, 4) is 11.5 Å². The number of carbonyl (C=O) groups is 2. The number of rotatable bonds is 7. The van der Waals surface area contributed by atoms with Crippen LogP contribution in [0.5, 0.6) is 11.5 Å². The van der Waals surface area contributed by atoms with Crippen LogP contribution in [0.25, 0.3) is 10.8 Å². The molecule has 0 aromatic heterocycles. The first-order valence-electron chi connectivity index (χ1n) is 11.0. The molecule has 1 N–H and O–H groups in total. The van der Waals surface area contributed by atoms with Crippen LogP contribution in [-0.2, 0) is 4.79 Å². The lowest BCUT2D eigenvalue weighted by Gasteiger charge is -2.13. The van der Waals surface area contributed by atoms with Crippen molar-refractivity contribution in [2.45, 2.75) is 20.0 Å². The van der Waals surface area contributed by atoms with Gasteiger partial charge in [-0.05, 0) is 67.1 Å². The molecule has 1 amide bonds. The first-order chi connectivity index (χ1) is 16.9. The number of carbonyl (C=O) groups excluding carboxylic acids is 2. The van der Waals surface area contributed by atoms with Gasteiger partial charge in [0.25, 0.3) is 5.91 Å². The lowest BCUT2D eigenvalue weighted by molar-refractivity contribution is -0.127. The third-order valence-corrected chi connectivity index (χ3v) is 5.74. The Kier molecular flexibility index (Phi) is 7.57. The van der Waals surface area contributed by atoms with E-state index in [0.717, 1.165) is 20.8 Å². The predicted molar refractivity (Wildman–Crippen MR) is 140 cm³/mol. The minimum absolute atomic E-state index is 0.317. The first kappa shape index (κ1) is 24.2. The number of hydrazone groups is 1. The SMILES string of the molecule is Cc1ccc(C(=O)Oc2ccc(Br)cc2/C=N/NC(=O)C(C)Oc2ccc3ccccc3c2)cc1. The topological polar surface area (TPSA) is 77.0 Å². The minimum Gasteiger partial charge on any atom is -0.481 e. The van der Waals surface area contributed by atoms with Crippen LogP contribution in [-0.4, -0.2) is 24.2 Å². The Bertz CT molecular complexity index is 1400. The van der Waals surface area contributed by atoms with Crippen LogP contribution in [0, 0.1) is 6.92 Å². The second-order valence-corrected chi connectivity index (χ2v) is 8.86. The smallest absolute Gasteiger partial charge is 0.343 e.